The first kappa shape index (κ1) is 35.0. The average molecular weight is 620 g/mol. The molecular weight excluding hydrogens is 571 g/mol. The maximum atomic E-state index is 5.01. The number of aryl methyl sites for hydroxylation is 2. The third-order valence-electron chi connectivity index (χ3n) is 7.88. The fourth-order valence-electron chi connectivity index (χ4n) is 5.02. The van der Waals surface area contributed by atoms with Crippen LogP contribution in [0.3, 0.4) is 0 Å². The van der Waals surface area contributed by atoms with Crippen molar-refractivity contribution in [2.45, 2.75) is 73.6 Å². The van der Waals surface area contributed by atoms with Gasteiger partial charge in [0, 0.05) is 16.7 Å². The van der Waals surface area contributed by atoms with Gasteiger partial charge >= 0.3 is 0 Å². The first-order valence-corrected chi connectivity index (χ1v) is 17.3. The van der Waals surface area contributed by atoms with Gasteiger partial charge in [0.2, 0.25) is 0 Å². The van der Waals surface area contributed by atoms with Gasteiger partial charge in [-0.3, -0.25) is 0 Å². The van der Waals surface area contributed by atoms with Gasteiger partial charge in [-0.2, -0.15) is 0 Å². The van der Waals surface area contributed by atoms with Gasteiger partial charge in [-0.15, -0.1) is 0 Å². The molecule has 3 nitrogen and oxygen atoms in total. The molecule has 6 rings (SSSR count). The Bertz CT molecular complexity index is 1720. The topological polar surface area (TPSA) is 38.7 Å². The first-order chi connectivity index (χ1) is 23.1. The number of rotatable bonds is 9. The Hall–Kier alpha value is -4.89. The Balaban J connectivity index is 0.000000776. The van der Waals surface area contributed by atoms with Crippen molar-refractivity contribution in [2.75, 3.05) is 0 Å². The molecule has 0 aliphatic heterocycles. The summed E-state index contributed by atoms with van der Waals surface area (Å²) in [6.07, 6.45) is 6.16. The van der Waals surface area contributed by atoms with Crippen molar-refractivity contribution in [3.63, 3.8) is 0 Å². The molecule has 0 radical (unpaired) electrons. The molecule has 1 heterocycles. The number of benzene rings is 5. The molecular formula is C44H49N3. The van der Waals surface area contributed by atoms with Crippen LogP contribution in [0.15, 0.2) is 127 Å². The smallest absolute Gasteiger partial charge is 0.164 e. The summed E-state index contributed by atoms with van der Waals surface area (Å²) in [6.45, 7) is 12.7. The third-order valence-corrected chi connectivity index (χ3v) is 7.88. The molecule has 0 saturated heterocycles. The van der Waals surface area contributed by atoms with Crippen LogP contribution in [0.5, 0.6) is 0 Å². The lowest BCUT2D eigenvalue weighted by atomic mass is 9.94. The highest BCUT2D eigenvalue weighted by Crippen LogP contribution is 2.33. The van der Waals surface area contributed by atoms with Crippen molar-refractivity contribution >= 4 is 0 Å². The highest BCUT2D eigenvalue weighted by molar-refractivity contribution is 5.80. The molecule has 6 aromatic rings. The molecule has 0 fully saturated rings. The van der Waals surface area contributed by atoms with Crippen LogP contribution in [-0.4, -0.2) is 15.0 Å². The second-order valence-corrected chi connectivity index (χ2v) is 11.5. The molecule has 47 heavy (non-hydrogen) atoms. The van der Waals surface area contributed by atoms with Gasteiger partial charge in [0.15, 0.2) is 17.5 Å². The van der Waals surface area contributed by atoms with Gasteiger partial charge in [0.05, 0.1) is 0 Å². The van der Waals surface area contributed by atoms with E-state index in [0.29, 0.717) is 17.5 Å². The molecule has 0 spiro atoms. The molecule has 0 aliphatic carbocycles. The van der Waals surface area contributed by atoms with Crippen LogP contribution in [0, 0.1) is 6.92 Å². The summed E-state index contributed by atoms with van der Waals surface area (Å²) < 4.78 is 0. The van der Waals surface area contributed by atoms with Gasteiger partial charge in [0.25, 0.3) is 0 Å². The standard InChI is InChI=1S/C38H33N3.C4H10.C2H6/c1-3-4-11-28-18-22-30(23-19-28)34-24-33(29-20-16-27(2)17-21-29)25-35(26-34)38-40-36(31-12-7-5-8-13-31)39-37(41-38)32-14-9-6-10-15-32;1-3-4-2;1-2/h5-10,12-26H,3-4,11H2,1-2H3;3-4H2,1-2H3;1-2H3. The van der Waals surface area contributed by atoms with Gasteiger partial charge < -0.3 is 0 Å². The lowest BCUT2D eigenvalue weighted by Gasteiger charge is -2.13. The van der Waals surface area contributed by atoms with Gasteiger partial charge in [-0.25, -0.2) is 15.0 Å². The Kier molecular flexibility index (Phi) is 13.6. The van der Waals surface area contributed by atoms with E-state index in [1.165, 1.54) is 47.9 Å². The third kappa shape index (κ3) is 9.80. The number of unbranched alkanes of at least 4 members (excludes halogenated alkanes) is 2. The van der Waals surface area contributed by atoms with Crippen LogP contribution in [-0.2, 0) is 6.42 Å². The van der Waals surface area contributed by atoms with Gasteiger partial charge in [-0.1, -0.05) is 169 Å². The van der Waals surface area contributed by atoms with Crippen LogP contribution in [0.2, 0.25) is 0 Å². The van der Waals surface area contributed by atoms with Crippen molar-refractivity contribution in [2.24, 2.45) is 0 Å². The summed E-state index contributed by atoms with van der Waals surface area (Å²) in [4.78, 5) is 14.9. The van der Waals surface area contributed by atoms with E-state index < -0.39 is 0 Å². The Labute approximate surface area is 282 Å². The van der Waals surface area contributed by atoms with E-state index in [1.54, 1.807) is 0 Å². The largest absolute Gasteiger partial charge is 0.208 e. The Morgan fingerprint density at radius 1 is 0.404 bits per heavy atom. The minimum atomic E-state index is 0.660. The predicted octanol–water partition coefficient (Wildman–Crippen LogP) is 12.7. The molecule has 0 N–H and O–H groups in total. The lowest BCUT2D eigenvalue weighted by molar-refractivity contribution is 0.795. The van der Waals surface area contributed by atoms with Crippen molar-refractivity contribution in [3.8, 4) is 56.4 Å². The van der Waals surface area contributed by atoms with E-state index in [2.05, 4.69) is 94.4 Å². The summed E-state index contributed by atoms with van der Waals surface area (Å²) >= 11 is 0. The summed E-state index contributed by atoms with van der Waals surface area (Å²) in [5, 5.41) is 0. The molecule has 0 amide bonds. The van der Waals surface area contributed by atoms with Crippen molar-refractivity contribution in [1.29, 1.82) is 0 Å². The number of aromatic nitrogens is 3. The summed E-state index contributed by atoms with van der Waals surface area (Å²) in [7, 11) is 0. The molecule has 0 saturated carbocycles. The molecule has 3 heteroatoms. The van der Waals surface area contributed by atoms with Crippen molar-refractivity contribution in [3.05, 3.63) is 139 Å². The zero-order valence-electron chi connectivity index (χ0n) is 29.0. The molecule has 5 aromatic carbocycles. The zero-order chi connectivity index (χ0) is 33.4. The summed E-state index contributed by atoms with van der Waals surface area (Å²) in [5.41, 5.74) is 10.1. The lowest BCUT2D eigenvalue weighted by Crippen LogP contribution is -2.00. The van der Waals surface area contributed by atoms with E-state index >= 15 is 0 Å². The van der Waals surface area contributed by atoms with E-state index in [0.717, 1.165) is 34.2 Å². The molecule has 1 aromatic heterocycles. The molecule has 0 bridgehead atoms. The molecule has 0 unspecified atom stereocenters. The first-order valence-electron chi connectivity index (χ1n) is 17.3. The highest BCUT2D eigenvalue weighted by atomic mass is 15.0. The summed E-state index contributed by atoms with van der Waals surface area (Å²) in [6, 6.07) is 44.6. The zero-order valence-corrected chi connectivity index (χ0v) is 29.0. The Morgan fingerprint density at radius 3 is 1.23 bits per heavy atom. The second kappa shape index (κ2) is 18.3. The maximum Gasteiger partial charge on any atom is 0.164 e. The molecule has 0 aliphatic rings. The van der Waals surface area contributed by atoms with Crippen LogP contribution in [0.25, 0.3) is 56.4 Å². The number of nitrogens with zero attached hydrogens (tertiary/aromatic N) is 3. The van der Waals surface area contributed by atoms with Gasteiger partial charge in [0.1, 0.15) is 0 Å². The summed E-state index contributed by atoms with van der Waals surface area (Å²) in [5.74, 6) is 1.99. The SMILES string of the molecule is CC.CCCC.CCCCc1ccc(-c2cc(-c3ccc(C)cc3)cc(-c3nc(-c4ccccc4)nc(-c4ccccc4)n3)c2)cc1. The van der Waals surface area contributed by atoms with Gasteiger partial charge in [-0.05, 0) is 65.8 Å². The normalized spacial score (nSPS) is 10.3. The van der Waals surface area contributed by atoms with E-state index in [1.807, 2.05) is 74.5 Å². The van der Waals surface area contributed by atoms with Crippen molar-refractivity contribution < 1.29 is 0 Å². The average Bonchev–Trinajstić information content (AvgIpc) is 3.15. The fraction of sp³-hybridized carbons (Fsp3) is 0.250. The Morgan fingerprint density at radius 2 is 0.809 bits per heavy atom. The maximum absolute atomic E-state index is 5.01. The van der Waals surface area contributed by atoms with Crippen LogP contribution in [0.1, 0.15) is 71.4 Å². The van der Waals surface area contributed by atoms with E-state index in [4.69, 9.17) is 15.0 Å². The minimum absolute atomic E-state index is 0.660. The monoisotopic (exact) mass is 619 g/mol. The number of hydrogen-bond acceptors (Lipinski definition) is 3. The van der Waals surface area contributed by atoms with E-state index in [-0.39, 0.29) is 0 Å². The highest BCUT2D eigenvalue weighted by Gasteiger charge is 2.15. The quantitative estimate of drug-likeness (QED) is 0.162. The molecule has 240 valence electrons. The molecule has 0 atom stereocenters. The van der Waals surface area contributed by atoms with Crippen LogP contribution >= 0.6 is 0 Å². The second-order valence-electron chi connectivity index (χ2n) is 11.5. The fourth-order valence-corrected chi connectivity index (χ4v) is 5.02. The predicted molar refractivity (Wildman–Crippen MR) is 202 cm³/mol. The van der Waals surface area contributed by atoms with Crippen molar-refractivity contribution in [1.82, 2.24) is 15.0 Å². The minimum Gasteiger partial charge on any atom is -0.208 e. The van der Waals surface area contributed by atoms with Crippen LogP contribution < -0.4 is 0 Å². The number of hydrogen-bond donors (Lipinski definition) is 0. The van der Waals surface area contributed by atoms with Crippen LogP contribution in [0.4, 0.5) is 0 Å². The van der Waals surface area contributed by atoms with E-state index in [9.17, 15) is 0 Å².